The minimum Gasteiger partial charge on any atom is -0.472 e. The summed E-state index contributed by atoms with van der Waals surface area (Å²) >= 11 is 0. The van der Waals surface area contributed by atoms with Gasteiger partial charge in [-0.3, -0.25) is 4.79 Å². The first-order valence-electron chi connectivity index (χ1n) is 6.36. The van der Waals surface area contributed by atoms with E-state index in [0.29, 0.717) is 18.2 Å². The van der Waals surface area contributed by atoms with Crippen LogP contribution in [0.2, 0.25) is 0 Å². The highest BCUT2D eigenvalue weighted by Crippen LogP contribution is 2.25. The molecule has 2 rings (SSSR count). The van der Waals surface area contributed by atoms with E-state index in [4.69, 9.17) is 10.2 Å². The predicted octanol–water partition coefficient (Wildman–Crippen LogP) is 2.01. The minimum absolute atomic E-state index is 0.0825. The quantitative estimate of drug-likeness (QED) is 0.850. The lowest BCUT2D eigenvalue weighted by Gasteiger charge is -2.28. The van der Waals surface area contributed by atoms with Gasteiger partial charge in [-0.15, -0.1) is 0 Å². The van der Waals surface area contributed by atoms with E-state index in [9.17, 15) is 4.79 Å². The molecule has 0 atom stereocenters. The summed E-state index contributed by atoms with van der Waals surface area (Å²) in [5.74, 6) is 0.0825. The van der Waals surface area contributed by atoms with E-state index in [-0.39, 0.29) is 5.91 Å². The van der Waals surface area contributed by atoms with Crippen molar-refractivity contribution in [3.8, 4) is 0 Å². The summed E-state index contributed by atoms with van der Waals surface area (Å²) < 4.78 is 4.98. The van der Waals surface area contributed by atoms with Crippen LogP contribution in [0.3, 0.4) is 0 Å². The molecule has 1 aromatic rings. The third-order valence-corrected chi connectivity index (χ3v) is 3.40. The highest BCUT2D eigenvalue weighted by molar-refractivity contribution is 5.94. The number of hydrogen-bond donors (Lipinski definition) is 1. The zero-order valence-electron chi connectivity index (χ0n) is 10.1. The average molecular weight is 236 g/mol. The first-order valence-corrected chi connectivity index (χ1v) is 6.36. The highest BCUT2D eigenvalue weighted by atomic mass is 16.3. The van der Waals surface area contributed by atoms with Gasteiger partial charge in [0.05, 0.1) is 11.8 Å². The second kappa shape index (κ2) is 5.87. The Labute approximate surface area is 102 Å². The van der Waals surface area contributed by atoms with Gasteiger partial charge >= 0.3 is 0 Å². The summed E-state index contributed by atoms with van der Waals surface area (Å²) in [5.41, 5.74) is 6.18. The monoisotopic (exact) mass is 236 g/mol. The molecule has 1 aliphatic carbocycles. The number of amides is 1. The zero-order valence-corrected chi connectivity index (χ0v) is 10.1. The van der Waals surface area contributed by atoms with Gasteiger partial charge in [-0.2, -0.15) is 0 Å². The van der Waals surface area contributed by atoms with Crippen LogP contribution in [0.4, 0.5) is 0 Å². The lowest BCUT2D eigenvalue weighted by Crippen LogP contribution is -2.40. The lowest BCUT2D eigenvalue weighted by molar-refractivity contribution is 0.0679. The molecule has 0 radical (unpaired) electrons. The van der Waals surface area contributed by atoms with Crippen molar-refractivity contribution >= 4 is 5.91 Å². The molecule has 2 N–H and O–H groups in total. The fourth-order valence-corrected chi connectivity index (χ4v) is 2.48. The molecule has 94 valence electrons. The third kappa shape index (κ3) is 2.88. The molecule has 1 aromatic heterocycles. The number of nitrogens with two attached hydrogens (primary N) is 1. The summed E-state index contributed by atoms with van der Waals surface area (Å²) in [7, 11) is 0. The number of furan rings is 1. The van der Waals surface area contributed by atoms with Crippen molar-refractivity contribution in [1.82, 2.24) is 4.90 Å². The van der Waals surface area contributed by atoms with Crippen molar-refractivity contribution < 1.29 is 9.21 Å². The molecule has 4 nitrogen and oxygen atoms in total. The van der Waals surface area contributed by atoms with Crippen molar-refractivity contribution in [3.63, 3.8) is 0 Å². The second-order valence-electron chi connectivity index (χ2n) is 4.59. The van der Waals surface area contributed by atoms with E-state index >= 15 is 0 Å². The molecular formula is C13H20N2O2. The topological polar surface area (TPSA) is 59.5 Å². The molecule has 0 unspecified atom stereocenters. The van der Waals surface area contributed by atoms with Gasteiger partial charge < -0.3 is 15.1 Å². The molecule has 0 aromatic carbocycles. The first-order chi connectivity index (χ1) is 8.33. The van der Waals surface area contributed by atoms with Gasteiger partial charge in [-0.25, -0.2) is 0 Å². The molecule has 4 heteroatoms. The van der Waals surface area contributed by atoms with E-state index in [2.05, 4.69) is 0 Å². The highest BCUT2D eigenvalue weighted by Gasteiger charge is 2.27. The fourth-order valence-electron chi connectivity index (χ4n) is 2.48. The molecule has 1 aliphatic rings. The smallest absolute Gasteiger partial charge is 0.257 e. The van der Waals surface area contributed by atoms with Crippen LogP contribution in [0.1, 0.15) is 42.5 Å². The molecule has 17 heavy (non-hydrogen) atoms. The average Bonchev–Trinajstić information content (AvgIpc) is 3.02. The number of nitrogens with zero attached hydrogens (tertiary/aromatic N) is 1. The largest absolute Gasteiger partial charge is 0.472 e. The van der Waals surface area contributed by atoms with Gasteiger partial charge in [0.25, 0.3) is 5.91 Å². The Balaban J connectivity index is 2.06. The van der Waals surface area contributed by atoms with Crippen LogP contribution in [-0.2, 0) is 0 Å². The first kappa shape index (κ1) is 12.2. The number of carbonyl (C=O) groups excluding carboxylic acids is 1. The maximum atomic E-state index is 12.3. The van der Waals surface area contributed by atoms with E-state index in [1.54, 1.807) is 12.3 Å². The van der Waals surface area contributed by atoms with Crippen LogP contribution in [0, 0.1) is 0 Å². The van der Waals surface area contributed by atoms with Crippen molar-refractivity contribution in [2.45, 2.75) is 38.1 Å². The summed E-state index contributed by atoms with van der Waals surface area (Å²) in [6.45, 7) is 1.38. The normalized spacial score (nSPS) is 16.3. The maximum Gasteiger partial charge on any atom is 0.257 e. The van der Waals surface area contributed by atoms with Crippen molar-refractivity contribution in [2.75, 3.05) is 13.1 Å². The molecule has 1 fully saturated rings. The molecule has 0 saturated heterocycles. The molecule has 1 heterocycles. The van der Waals surface area contributed by atoms with Crippen LogP contribution in [0.5, 0.6) is 0 Å². The predicted molar refractivity (Wildman–Crippen MR) is 65.7 cm³/mol. The van der Waals surface area contributed by atoms with Crippen LogP contribution in [0.25, 0.3) is 0 Å². The Morgan fingerprint density at radius 3 is 2.82 bits per heavy atom. The number of hydrogen-bond acceptors (Lipinski definition) is 3. The van der Waals surface area contributed by atoms with Gasteiger partial charge in [0.2, 0.25) is 0 Å². The van der Waals surface area contributed by atoms with Crippen molar-refractivity contribution in [3.05, 3.63) is 24.2 Å². The van der Waals surface area contributed by atoms with E-state index in [1.165, 1.54) is 19.1 Å². The Bertz CT molecular complexity index is 342. The van der Waals surface area contributed by atoms with Gasteiger partial charge in [-0.1, -0.05) is 12.8 Å². The van der Waals surface area contributed by atoms with Gasteiger partial charge in [0.1, 0.15) is 6.26 Å². The van der Waals surface area contributed by atoms with Crippen LogP contribution >= 0.6 is 0 Å². The Kier molecular flexibility index (Phi) is 4.20. The fraction of sp³-hybridized carbons (Fsp3) is 0.615. The Morgan fingerprint density at radius 1 is 1.47 bits per heavy atom. The lowest BCUT2D eigenvalue weighted by atomic mass is 10.1. The number of rotatable bonds is 5. The third-order valence-electron chi connectivity index (χ3n) is 3.40. The molecule has 1 amide bonds. The van der Waals surface area contributed by atoms with Gasteiger partial charge in [0.15, 0.2) is 0 Å². The van der Waals surface area contributed by atoms with Crippen molar-refractivity contribution in [1.29, 1.82) is 0 Å². The molecule has 0 bridgehead atoms. The van der Waals surface area contributed by atoms with Gasteiger partial charge in [0, 0.05) is 12.6 Å². The minimum atomic E-state index is 0.0825. The summed E-state index contributed by atoms with van der Waals surface area (Å²) in [4.78, 5) is 14.3. The standard InChI is InChI=1S/C13H20N2O2/c14-7-3-8-15(12-4-1-2-5-12)13(16)11-6-9-17-10-11/h6,9-10,12H,1-5,7-8,14H2. The maximum absolute atomic E-state index is 12.3. The van der Waals surface area contributed by atoms with Gasteiger partial charge in [-0.05, 0) is 31.9 Å². The summed E-state index contributed by atoms with van der Waals surface area (Å²) in [6.07, 6.45) is 8.61. The van der Waals surface area contributed by atoms with Crippen LogP contribution in [0.15, 0.2) is 23.0 Å². The van der Waals surface area contributed by atoms with E-state index < -0.39 is 0 Å². The SMILES string of the molecule is NCCCN(C(=O)c1ccoc1)C1CCCC1. The zero-order chi connectivity index (χ0) is 12.1. The Hall–Kier alpha value is -1.29. The molecule has 0 aliphatic heterocycles. The number of carbonyl (C=O) groups is 1. The van der Waals surface area contributed by atoms with Crippen LogP contribution < -0.4 is 5.73 Å². The van der Waals surface area contributed by atoms with E-state index in [1.807, 2.05) is 4.90 Å². The van der Waals surface area contributed by atoms with Crippen LogP contribution in [-0.4, -0.2) is 29.9 Å². The van der Waals surface area contributed by atoms with Crippen molar-refractivity contribution in [2.24, 2.45) is 5.73 Å². The summed E-state index contributed by atoms with van der Waals surface area (Å²) in [6, 6.07) is 2.12. The second-order valence-corrected chi connectivity index (χ2v) is 4.59. The molecular weight excluding hydrogens is 216 g/mol. The molecule has 0 spiro atoms. The Morgan fingerprint density at radius 2 is 2.24 bits per heavy atom. The molecule has 1 saturated carbocycles. The van der Waals surface area contributed by atoms with E-state index in [0.717, 1.165) is 25.8 Å². The summed E-state index contributed by atoms with van der Waals surface area (Å²) in [5, 5.41) is 0.